The predicted molar refractivity (Wildman–Crippen MR) is 91.5 cm³/mol. The molecule has 2 aliphatic rings. The molecular weight excluding hydrogens is 318 g/mol. The van der Waals surface area contributed by atoms with Crippen LogP contribution in [0.1, 0.15) is 58.3 Å². The molecule has 1 heterocycles. The highest BCUT2D eigenvalue weighted by Crippen LogP contribution is 2.29. The van der Waals surface area contributed by atoms with Crippen LogP contribution in [0.25, 0.3) is 0 Å². The van der Waals surface area contributed by atoms with E-state index >= 15 is 0 Å². The average Bonchev–Trinajstić information content (AvgIpc) is 3.02. The summed E-state index contributed by atoms with van der Waals surface area (Å²) in [7, 11) is 0. The van der Waals surface area contributed by atoms with Gasteiger partial charge in [0.05, 0.1) is 6.10 Å². The smallest absolute Gasteiger partial charge is 0.250 e. The van der Waals surface area contributed by atoms with Crippen LogP contribution in [0.15, 0.2) is 0 Å². The molecule has 0 spiro atoms. The summed E-state index contributed by atoms with van der Waals surface area (Å²) in [6.07, 6.45) is 6.35. The number of nitrogens with two attached hydrogens (primary N) is 1. The lowest BCUT2D eigenvalue weighted by molar-refractivity contribution is -0.140. The number of hydrogen-bond acceptors (Lipinski definition) is 4. The van der Waals surface area contributed by atoms with Crippen molar-refractivity contribution in [3.63, 3.8) is 0 Å². The molecule has 0 aromatic rings. The van der Waals surface area contributed by atoms with Gasteiger partial charge in [-0.1, -0.05) is 26.2 Å². The van der Waals surface area contributed by atoms with Gasteiger partial charge in [0, 0.05) is 13.1 Å². The van der Waals surface area contributed by atoms with Crippen molar-refractivity contribution in [2.45, 2.75) is 76.0 Å². The number of rotatable bonds is 6. The molecule has 0 bridgehead atoms. The standard InChI is InChI=1S/C16H29N3O3.ClH/c1-2-10-18-15(21)16(8-4-3-5-9-16)19-14(20)13-7-6-12(11-17)22-13;/h12-13H,2-11,17H2,1H3,(H,18,21)(H,19,20);1H/t12-,13+;/m1./s1. The molecule has 1 aliphatic heterocycles. The van der Waals surface area contributed by atoms with Crippen LogP contribution in [-0.4, -0.2) is 42.7 Å². The van der Waals surface area contributed by atoms with E-state index in [2.05, 4.69) is 10.6 Å². The minimum absolute atomic E-state index is 0. The van der Waals surface area contributed by atoms with Crippen molar-refractivity contribution < 1.29 is 14.3 Å². The molecule has 23 heavy (non-hydrogen) atoms. The Balaban J connectivity index is 0.00000264. The zero-order valence-electron chi connectivity index (χ0n) is 13.9. The molecule has 4 N–H and O–H groups in total. The normalized spacial score (nSPS) is 26.2. The lowest BCUT2D eigenvalue weighted by atomic mass is 9.80. The number of nitrogens with one attached hydrogen (secondary N) is 2. The molecule has 0 aromatic heterocycles. The van der Waals surface area contributed by atoms with E-state index in [-0.39, 0.29) is 30.3 Å². The fourth-order valence-corrected chi connectivity index (χ4v) is 3.36. The van der Waals surface area contributed by atoms with Crippen LogP contribution in [0.2, 0.25) is 0 Å². The summed E-state index contributed by atoms with van der Waals surface area (Å²) < 4.78 is 5.65. The molecule has 1 saturated heterocycles. The van der Waals surface area contributed by atoms with Crippen LogP contribution in [-0.2, 0) is 14.3 Å². The number of hydrogen-bond donors (Lipinski definition) is 3. The average molecular weight is 348 g/mol. The van der Waals surface area contributed by atoms with Crippen molar-refractivity contribution >= 4 is 24.2 Å². The maximum absolute atomic E-state index is 12.6. The minimum Gasteiger partial charge on any atom is -0.364 e. The van der Waals surface area contributed by atoms with Crippen LogP contribution in [0, 0.1) is 0 Å². The van der Waals surface area contributed by atoms with Crippen molar-refractivity contribution in [3.8, 4) is 0 Å². The van der Waals surface area contributed by atoms with Crippen molar-refractivity contribution in [1.29, 1.82) is 0 Å². The predicted octanol–water partition coefficient (Wildman–Crippen LogP) is 1.26. The third-order valence-electron chi connectivity index (χ3n) is 4.70. The third kappa shape index (κ3) is 5.06. The quantitative estimate of drug-likeness (QED) is 0.674. The van der Waals surface area contributed by atoms with Gasteiger partial charge in [-0.05, 0) is 32.1 Å². The molecule has 134 valence electrons. The fourth-order valence-electron chi connectivity index (χ4n) is 3.36. The number of carbonyl (C=O) groups excluding carboxylic acids is 2. The Morgan fingerprint density at radius 3 is 2.48 bits per heavy atom. The van der Waals surface area contributed by atoms with E-state index in [1.165, 1.54) is 0 Å². The zero-order valence-corrected chi connectivity index (χ0v) is 14.8. The summed E-state index contributed by atoms with van der Waals surface area (Å²) in [6.45, 7) is 3.10. The minimum atomic E-state index is -0.755. The first-order valence-corrected chi connectivity index (χ1v) is 8.57. The van der Waals surface area contributed by atoms with Gasteiger partial charge in [0.25, 0.3) is 0 Å². The maximum Gasteiger partial charge on any atom is 0.250 e. The summed E-state index contributed by atoms with van der Waals surface area (Å²) >= 11 is 0. The molecule has 2 fully saturated rings. The molecule has 0 aromatic carbocycles. The van der Waals surface area contributed by atoms with E-state index in [4.69, 9.17) is 10.5 Å². The first kappa shape index (κ1) is 20.2. The van der Waals surface area contributed by atoms with Crippen LogP contribution in [0.5, 0.6) is 0 Å². The van der Waals surface area contributed by atoms with Gasteiger partial charge >= 0.3 is 0 Å². The van der Waals surface area contributed by atoms with Crippen LogP contribution < -0.4 is 16.4 Å². The Kier molecular flexibility index (Phi) is 8.29. The highest BCUT2D eigenvalue weighted by Gasteiger charge is 2.42. The number of ether oxygens (including phenoxy) is 1. The highest BCUT2D eigenvalue weighted by molar-refractivity contribution is 5.93. The largest absolute Gasteiger partial charge is 0.364 e. The van der Waals surface area contributed by atoms with Crippen molar-refractivity contribution in [2.75, 3.05) is 13.1 Å². The Labute approximate surface area is 144 Å². The molecule has 0 radical (unpaired) electrons. The van der Waals surface area contributed by atoms with Gasteiger partial charge in [0.15, 0.2) is 0 Å². The van der Waals surface area contributed by atoms with Gasteiger partial charge in [0.2, 0.25) is 11.8 Å². The molecule has 6 nitrogen and oxygen atoms in total. The molecule has 0 unspecified atom stereocenters. The number of halogens is 1. The van der Waals surface area contributed by atoms with E-state index in [1.54, 1.807) is 0 Å². The van der Waals surface area contributed by atoms with Gasteiger partial charge in [-0.15, -0.1) is 12.4 Å². The zero-order chi connectivity index (χ0) is 16.0. The third-order valence-corrected chi connectivity index (χ3v) is 4.70. The Morgan fingerprint density at radius 1 is 1.22 bits per heavy atom. The van der Waals surface area contributed by atoms with E-state index < -0.39 is 11.6 Å². The van der Waals surface area contributed by atoms with E-state index in [9.17, 15) is 9.59 Å². The Bertz CT molecular complexity index is 400. The molecule has 2 amide bonds. The molecule has 7 heteroatoms. The van der Waals surface area contributed by atoms with E-state index in [0.717, 1.165) is 32.1 Å². The van der Waals surface area contributed by atoms with E-state index in [0.29, 0.717) is 32.4 Å². The lowest BCUT2D eigenvalue weighted by Crippen LogP contribution is -2.61. The van der Waals surface area contributed by atoms with Crippen LogP contribution in [0.4, 0.5) is 0 Å². The molecule has 1 saturated carbocycles. The molecular formula is C16H30ClN3O3. The summed E-state index contributed by atoms with van der Waals surface area (Å²) in [5.74, 6) is -0.208. The first-order valence-electron chi connectivity index (χ1n) is 8.57. The summed E-state index contributed by atoms with van der Waals surface area (Å²) in [5, 5.41) is 5.96. The van der Waals surface area contributed by atoms with Gasteiger partial charge in [0.1, 0.15) is 11.6 Å². The summed E-state index contributed by atoms with van der Waals surface area (Å²) in [4.78, 5) is 25.1. The second kappa shape index (κ2) is 9.45. The summed E-state index contributed by atoms with van der Waals surface area (Å²) in [6, 6.07) is 0. The molecule has 1 aliphatic carbocycles. The Morgan fingerprint density at radius 2 is 1.91 bits per heavy atom. The molecule has 2 atom stereocenters. The monoisotopic (exact) mass is 347 g/mol. The second-order valence-electron chi connectivity index (χ2n) is 6.45. The Hall–Kier alpha value is -0.850. The molecule has 2 rings (SSSR count). The van der Waals surface area contributed by atoms with Gasteiger partial charge in [-0.2, -0.15) is 0 Å². The van der Waals surface area contributed by atoms with Crippen LogP contribution in [0.3, 0.4) is 0 Å². The highest BCUT2D eigenvalue weighted by atomic mass is 35.5. The second-order valence-corrected chi connectivity index (χ2v) is 6.45. The van der Waals surface area contributed by atoms with Crippen molar-refractivity contribution in [1.82, 2.24) is 10.6 Å². The number of carbonyl (C=O) groups is 2. The topological polar surface area (TPSA) is 93.5 Å². The lowest BCUT2D eigenvalue weighted by Gasteiger charge is -2.37. The van der Waals surface area contributed by atoms with Gasteiger partial charge in [-0.25, -0.2) is 0 Å². The first-order chi connectivity index (χ1) is 10.6. The van der Waals surface area contributed by atoms with Gasteiger partial charge in [-0.3, -0.25) is 9.59 Å². The van der Waals surface area contributed by atoms with Crippen molar-refractivity contribution in [2.24, 2.45) is 5.73 Å². The van der Waals surface area contributed by atoms with E-state index in [1.807, 2.05) is 6.92 Å². The van der Waals surface area contributed by atoms with Crippen molar-refractivity contribution in [3.05, 3.63) is 0 Å². The maximum atomic E-state index is 12.6. The fraction of sp³-hybridized carbons (Fsp3) is 0.875. The number of amides is 2. The summed E-state index contributed by atoms with van der Waals surface area (Å²) in [5.41, 5.74) is 4.83. The SMILES string of the molecule is CCCNC(=O)C1(NC(=O)[C@@H]2CC[C@H](CN)O2)CCCCC1.Cl. The van der Waals surface area contributed by atoms with Crippen LogP contribution >= 0.6 is 12.4 Å². The van der Waals surface area contributed by atoms with Gasteiger partial charge < -0.3 is 21.1 Å².